The van der Waals surface area contributed by atoms with Gasteiger partial charge < -0.3 is 20.7 Å². The fourth-order valence-electron chi connectivity index (χ4n) is 3.41. The topological polar surface area (TPSA) is 119 Å². The van der Waals surface area contributed by atoms with Crippen LogP contribution in [0.25, 0.3) is 6.08 Å². The highest BCUT2D eigenvalue weighted by Crippen LogP contribution is 2.27. The lowest BCUT2D eigenvalue weighted by Gasteiger charge is -2.16. The van der Waals surface area contributed by atoms with E-state index < -0.39 is 0 Å². The summed E-state index contributed by atoms with van der Waals surface area (Å²) in [6.07, 6.45) is 3.26. The number of benzene rings is 2. The summed E-state index contributed by atoms with van der Waals surface area (Å²) in [5.41, 5.74) is 6.19. The van der Waals surface area contributed by atoms with Crippen LogP contribution in [0.1, 0.15) is 27.9 Å². The van der Waals surface area contributed by atoms with Crippen molar-refractivity contribution in [3.05, 3.63) is 76.5 Å². The number of hydrogen-bond donors (Lipinski definition) is 3. The molecule has 0 radical (unpaired) electrons. The molecule has 8 nitrogen and oxygen atoms in total. The highest BCUT2D eigenvalue weighted by atomic mass is 16.5. The molecule has 34 heavy (non-hydrogen) atoms. The Morgan fingerprint density at radius 2 is 1.74 bits per heavy atom. The third-order valence-corrected chi connectivity index (χ3v) is 5.00. The maximum Gasteiger partial charge on any atom is 0.229 e. The molecule has 0 aliphatic heterocycles. The second-order valence-corrected chi connectivity index (χ2v) is 7.67. The third-order valence-electron chi connectivity index (χ3n) is 5.00. The molecule has 0 amide bonds. The van der Waals surface area contributed by atoms with Gasteiger partial charge in [0.2, 0.25) is 5.95 Å². The van der Waals surface area contributed by atoms with Crippen LogP contribution < -0.4 is 16.0 Å². The predicted octanol–water partition coefficient (Wildman–Crippen LogP) is 4.73. The largest absolute Gasteiger partial charge is 0.383 e. The lowest BCUT2D eigenvalue weighted by atomic mass is 10.0. The number of methoxy groups -OCH3 is 1. The molecule has 3 aromatic rings. The zero-order chi connectivity index (χ0) is 24.3. The van der Waals surface area contributed by atoms with Gasteiger partial charge in [-0.1, -0.05) is 0 Å². The van der Waals surface area contributed by atoms with Gasteiger partial charge in [0.25, 0.3) is 0 Å². The number of nitrogens with one attached hydrogen (secondary N) is 3. The van der Waals surface area contributed by atoms with E-state index in [-0.39, 0.29) is 0 Å². The minimum absolute atomic E-state index is 0.446. The highest BCUT2D eigenvalue weighted by Gasteiger charge is 2.10. The van der Waals surface area contributed by atoms with E-state index in [1.807, 2.05) is 50.2 Å². The van der Waals surface area contributed by atoms with Crippen molar-refractivity contribution in [2.45, 2.75) is 20.4 Å². The minimum atomic E-state index is 0.446. The number of nitrogens with zero attached hydrogens (tertiary/aromatic N) is 4. The Labute approximate surface area is 199 Å². The van der Waals surface area contributed by atoms with Gasteiger partial charge in [-0.25, -0.2) is 4.98 Å². The number of nitriles is 2. The van der Waals surface area contributed by atoms with Gasteiger partial charge in [-0.05, 0) is 73.0 Å². The van der Waals surface area contributed by atoms with Crippen molar-refractivity contribution in [3.8, 4) is 12.1 Å². The molecule has 0 saturated heterocycles. The molecule has 0 unspecified atom stereocenters. The van der Waals surface area contributed by atoms with Crippen LogP contribution >= 0.6 is 0 Å². The van der Waals surface area contributed by atoms with Crippen molar-refractivity contribution in [1.29, 1.82) is 10.5 Å². The van der Waals surface area contributed by atoms with Gasteiger partial charge in [0.1, 0.15) is 5.82 Å². The van der Waals surface area contributed by atoms with Crippen LogP contribution in [0.5, 0.6) is 0 Å². The van der Waals surface area contributed by atoms with Crippen molar-refractivity contribution in [3.63, 3.8) is 0 Å². The Balaban J connectivity index is 1.89. The van der Waals surface area contributed by atoms with E-state index in [9.17, 15) is 0 Å². The SMILES string of the molecule is COCCNCc1cc(Nc2c(C)cc(/C=C/C#N)cc2C)nc(Nc2ccc(C#N)cc2)n1. The van der Waals surface area contributed by atoms with Crippen molar-refractivity contribution in [2.75, 3.05) is 30.9 Å². The summed E-state index contributed by atoms with van der Waals surface area (Å²) in [5.74, 6) is 1.10. The second-order valence-electron chi connectivity index (χ2n) is 7.67. The van der Waals surface area contributed by atoms with Crippen LogP contribution in [0.3, 0.4) is 0 Å². The van der Waals surface area contributed by atoms with E-state index in [0.29, 0.717) is 37.0 Å². The molecule has 0 bridgehead atoms. The fraction of sp³-hybridized carbons (Fsp3) is 0.231. The summed E-state index contributed by atoms with van der Waals surface area (Å²) in [4.78, 5) is 9.29. The number of aromatic nitrogens is 2. The first-order chi connectivity index (χ1) is 16.5. The van der Waals surface area contributed by atoms with Crippen LogP contribution in [-0.4, -0.2) is 30.2 Å². The number of hydrogen-bond acceptors (Lipinski definition) is 8. The lowest BCUT2D eigenvalue weighted by molar-refractivity contribution is 0.199. The Morgan fingerprint density at radius 3 is 2.38 bits per heavy atom. The third kappa shape index (κ3) is 6.88. The smallest absolute Gasteiger partial charge is 0.229 e. The molecule has 1 heterocycles. The summed E-state index contributed by atoms with van der Waals surface area (Å²) in [6, 6.07) is 17.2. The first kappa shape index (κ1) is 24.4. The summed E-state index contributed by atoms with van der Waals surface area (Å²) in [7, 11) is 1.67. The maximum absolute atomic E-state index is 9.02. The van der Waals surface area contributed by atoms with Gasteiger partial charge in [-0.2, -0.15) is 15.5 Å². The van der Waals surface area contributed by atoms with E-state index >= 15 is 0 Å². The van der Waals surface area contributed by atoms with E-state index in [1.54, 1.807) is 25.3 Å². The molecular formula is C26H27N7O. The zero-order valence-corrected chi connectivity index (χ0v) is 19.5. The molecule has 0 aliphatic rings. The van der Waals surface area contributed by atoms with Crippen LogP contribution in [0.2, 0.25) is 0 Å². The van der Waals surface area contributed by atoms with Crippen molar-refractivity contribution < 1.29 is 4.74 Å². The van der Waals surface area contributed by atoms with Gasteiger partial charge in [0, 0.05) is 43.7 Å². The van der Waals surface area contributed by atoms with E-state index in [4.69, 9.17) is 15.3 Å². The number of allylic oxidation sites excluding steroid dienone is 1. The average Bonchev–Trinajstić information content (AvgIpc) is 2.83. The second kappa shape index (κ2) is 12.1. The average molecular weight is 454 g/mol. The molecule has 3 N–H and O–H groups in total. The molecule has 2 aromatic carbocycles. The molecule has 0 aliphatic carbocycles. The van der Waals surface area contributed by atoms with E-state index in [0.717, 1.165) is 33.8 Å². The lowest BCUT2D eigenvalue weighted by Crippen LogP contribution is -2.19. The van der Waals surface area contributed by atoms with Gasteiger partial charge in [0.05, 0.1) is 30.0 Å². The quantitative estimate of drug-likeness (QED) is 0.298. The first-order valence-electron chi connectivity index (χ1n) is 10.8. The fourth-order valence-corrected chi connectivity index (χ4v) is 3.41. The van der Waals surface area contributed by atoms with Crippen molar-refractivity contribution in [1.82, 2.24) is 15.3 Å². The summed E-state index contributed by atoms with van der Waals surface area (Å²) in [5, 5.41) is 27.8. The molecular weight excluding hydrogens is 426 g/mol. The van der Waals surface area contributed by atoms with Crippen molar-refractivity contribution in [2.24, 2.45) is 0 Å². The Bertz CT molecular complexity index is 1210. The van der Waals surface area contributed by atoms with Gasteiger partial charge in [-0.15, -0.1) is 0 Å². The standard InChI is InChI=1S/C26H27N7O/c1-18-13-21(5-4-10-27)14-19(2)25(18)32-24-15-23(17-29-11-12-34-3)31-26(33-24)30-22-8-6-20(16-28)7-9-22/h4-9,13-15,29H,11-12,17H2,1-3H3,(H2,30,31,32,33)/b5-4+. The minimum Gasteiger partial charge on any atom is -0.383 e. The number of ether oxygens (including phenoxy) is 1. The monoisotopic (exact) mass is 453 g/mol. The van der Waals surface area contributed by atoms with Crippen LogP contribution in [0.4, 0.5) is 23.1 Å². The molecule has 0 spiro atoms. The zero-order valence-electron chi connectivity index (χ0n) is 19.5. The molecule has 1 aromatic heterocycles. The predicted molar refractivity (Wildman–Crippen MR) is 134 cm³/mol. The molecule has 3 rings (SSSR count). The van der Waals surface area contributed by atoms with Gasteiger partial charge in [-0.3, -0.25) is 0 Å². The van der Waals surface area contributed by atoms with E-state index in [2.05, 4.69) is 32.0 Å². The Kier molecular flexibility index (Phi) is 8.70. The summed E-state index contributed by atoms with van der Waals surface area (Å²) >= 11 is 0. The molecule has 0 atom stereocenters. The van der Waals surface area contributed by atoms with Gasteiger partial charge >= 0.3 is 0 Å². The van der Waals surface area contributed by atoms with Crippen LogP contribution in [0.15, 0.2) is 48.5 Å². The molecule has 0 saturated carbocycles. The first-order valence-corrected chi connectivity index (χ1v) is 10.8. The normalized spacial score (nSPS) is 10.6. The Morgan fingerprint density at radius 1 is 1.00 bits per heavy atom. The van der Waals surface area contributed by atoms with Crippen LogP contribution in [0, 0.1) is 36.5 Å². The molecule has 0 fully saturated rings. The van der Waals surface area contributed by atoms with Crippen LogP contribution in [-0.2, 0) is 11.3 Å². The maximum atomic E-state index is 9.02. The van der Waals surface area contributed by atoms with Gasteiger partial charge in [0.15, 0.2) is 0 Å². The molecule has 8 heteroatoms. The van der Waals surface area contributed by atoms with Crippen molar-refractivity contribution >= 4 is 29.2 Å². The summed E-state index contributed by atoms with van der Waals surface area (Å²) < 4.78 is 5.10. The summed E-state index contributed by atoms with van der Waals surface area (Å²) in [6.45, 7) is 5.90. The molecule has 172 valence electrons. The highest BCUT2D eigenvalue weighted by molar-refractivity contribution is 5.69. The van der Waals surface area contributed by atoms with E-state index in [1.165, 1.54) is 6.08 Å². The Hall–Kier alpha value is -4.24. The number of aryl methyl sites for hydroxylation is 2. The number of anilines is 4. The number of rotatable bonds is 10.